The molecule has 0 rings (SSSR count). The Morgan fingerprint density at radius 2 is 0.623 bits per heavy atom. The summed E-state index contributed by atoms with van der Waals surface area (Å²) in [6, 6.07) is 0. The van der Waals surface area contributed by atoms with Gasteiger partial charge in [0.25, 0.3) is 0 Å². The summed E-state index contributed by atoms with van der Waals surface area (Å²) in [5.41, 5.74) is 0. The molecule has 69 heavy (non-hydrogen) atoms. The molecule has 0 saturated carbocycles. The molecule has 6 heteroatoms. The first kappa shape index (κ1) is 65.3. The van der Waals surface area contributed by atoms with Crippen molar-refractivity contribution in [2.75, 3.05) is 13.2 Å². The molecule has 0 aliphatic heterocycles. The van der Waals surface area contributed by atoms with E-state index in [1.54, 1.807) is 0 Å². The fourth-order valence-electron chi connectivity index (χ4n) is 7.76. The van der Waals surface area contributed by atoms with Gasteiger partial charge < -0.3 is 14.2 Å². The highest BCUT2D eigenvalue weighted by atomic mass is 16.6. The number of carbonyl (C=O) groups is 3. The number of ether oxygens (including phenoxy) is 3. The molecule has 0 aromatic heterocycles. The van der Waals surface area contributed by atoms with Crippen LogP contribution in [0.25, 0.3) is 0 Å². The smallest absolute Gasteiger partial charge is 0.306 e. The Kier molecular flexibility index (Phi) is 53.9. The Morgan fingerprint density at radius 1 is 0.319 bits per heavy atom. The van der Waals surface area contributed by atoms with Gasteiger partial charge in [0.1, 0.15) is 13.2 Å². The van der Waals surface area contributed by atoms with Crippen LogP contribution in [0.5, 0.6) is 0 Å². The van der Waals surface area contributed by atoms with Gasteiger partial charge in [-0.05, 0) is 109 Å². The summed E-state index contributed by atoms with van der Waals surface area (Å²) in [4.78, 5) is 38.1. The van der Waals surface area contributed by atoms with Gasteiger partial charge in [0.2, 0.25) is 0 Å². The molecule has 0 fully saturated rings. The van der Waals surface area contributed by atoms with Crippen LogP contribution in [-0.4, -0.2) is 37.2 Å². The quantitative estimate of drug-likeness (QED) is 0.0199. The van der Waals surface area contributed by atoms with Crippen molar-refractivity contribution in [3.8, 4) is 0 Å². The minimum absolute atomic E-state index is 0.107. The Balaban J connectivity index is 4.48. The second-order valence-electron chi connectivity index (χ2n) is 18.8. The van der Waals surface area contributed by atoms with E-state index in [-0.39, 0.29) is 37.5 Å². The van der Waals surface area contributed by atoms with E-state index in [0.29, 0.717) is 19.3 Å². The van der Waals surface area contributed by atoms with Crippen molar-refractivity contribution in [2.24, 2.45) is 0 Å². The molecular weight excluding hydrogens is 853 g/mol. The number of hydrogen-bond acceptors (Lipinski definition) is 6. The lowest BCUT2D eigenvalue weighted by atomic mass is 10.1. The van der Waals surface area contributed by atoms with Crippen LogP contribution in [0, 0.1) is 0 Å². The van der Waals surface area contributed by atoms with Crippen molar-refractivity contribution in [3.05, 3.63) is 97.2 Å². The van der Waals surface area contributed by atoms with Crippen LogP contribution in [0.3, 0.4) is 0 Å². The van der Waals surface area contributed by atoms with Crippen LogP contribution in [0.4, 0.5) is 0 Å². The number of hydrogen-bond donors (Lipinski definition) is 0. The van der Waals surface area contributed by atoms with Crippen molar-refractivity contribution in [2.45, 2.75) is 271 Å². The zero-order chi connectivity index (χ0) is 50.0. The minimum atomic E-state index is -0.815. The predicted molar refractivity (Wildman–Crippen MR) is 297 cm³/mol. The maximum absolute atomic E-state index is 12.8. The van der Waals surface area contributed by atoms with E-state index in [2.05, 4.69) is 118 Å². The standard InChI is InChI=1S/C63H106O6/c1-4-7-10-13-16-19-22-25-28-30-31-33-35-38-41-44-47-50-53-56-62(65)68-59-60(58-67-61(64)55-52-49-46-43-40-37-34-27-24-21-18-15-12-9-6-3)69-63(66)57-54-51-48-45-42-39-36-32-29-26-23-20-17-14-11-8-5-2/h8,11,17-18,20-21,24,26-27,29-31,36,39,45,48,60H,4-7,9-10,12-16,19,22-23,25,28,32-35,37-38,40-44,46-47,49-59H2,1-3H3/b11-8-,20-17-,21-18-,27-24-,29-26-,31-30-,39-36-,48-45-. The Morgan fingerprint density at radius 3 is 1.06 bits per heavy atom. The fourth-order valence-corrected chi connectivity index (χ4v) is 7.76. The van der Waals surface area contributed by atoms with Crippen molar-refractivity contribution in [1.82, 2.24) is 0 Å². The average molecular weight is 960 g/mol. The first-order valence-corrected chi connectivity index (χ1v) is 28.8. The van der Waals surface area contributed by atoms with Crippen LogP contribution in [-0.2, 0) is 28.6 Å². The molecule has 394 valence electrons. The van der Waals surface area contributed by atoms with Crippen LogP contribution in [0.15, 0.2) is 97.2 Å². The van der Waals surface area contributed by atoms with E-state index in [0.717, 1.165) is 89.9 Å². The van der Waals surface area contributed by atoms with Gasteiger partial charge in [-0.25, -0.2) is 0 Å². The van der Waals surface area contributed by atoms with Crippen LogP contribution in [0.2, 0.25) is 0 Å². The lowest BCUT2D eigenvalue weighted by molar-refractivity contribution is -0.167. The van der Waals surface area contributed by atoms with Gasteiger partial charge in [0.05, 0.1) is 0 Å². The van der Waals surface area contributed by atoms with E-state index < -0.39 is 6.10 Å². The van der Waals surface area contributed by atoms with Gasteiger partial charge in [-0.1, -0.05) is 234 Å². The number of carbonyl (C=O) groups excluding carboxylic acids is 3. The SMILES string of the molecule is CC/C=C\C/C=C\C/C=C\C/C=C\C/C=C\CCCC(=O)OC(COC(=O)CCCCCCCC/C=C\C=C/CCCCC)COC(=O)CCCCCCCCC/C=C\CCCCCCCCCC. The summed E-state index contributed by atoms with van der Waals surface area (Å²) in [6.45, 7) is 6.44. The predicted octanol–water partition coefficient (Wildman–Crippen LogP) is 19.3. The molecule has 0 amide bonds. The molecule has 0 heterocycles. The van der Waals surface area contributed by atoms with Crippen LogP contribution >= 0.6 is 0 Å². The Labute approximate surface area is 426 Å². The van der Waals surface area contributed by atoms with Crippen molar-refractivity contribution in [3.63, 3.8) is 0 Å². The molecule has 0 aromatic carbocycles. The molecular formula is C63H106O6. The first-order chi connectivity index (χ1) is 34.0. The number of esters is 3. The summed E-state index contributed by atoms with van der Waals surface area (Å²) < 4.78 is 16.8. The highest BCUT2D eigenvalue weighted by Crippen LogP contribution is 2.14. The van der Waals surface area contributed by atoms with E-state index in [1.807, 2.05) is 0 Å². The van der Waals surface area contributed by atoms with Gasteiger partial charge in [-0.3, -0.25) is 14.4 Å². The summed E-state index contributed by atoms with van der Waals surface area (Å²) in [5.74, 6) is -0.979. The lowest BCUT2D eigenvalue weighted by Gasteiger charge is -2.18. The van der Waals surface area contributed by atoms with E-state index in [4.69, 9.17) is 14.2 Å². The molecule has 0 aliphatic rings. The van der Waals surface area contributed by atoms with Crippen LogP contribution < -0.4 is 0 Å². The van der Waals surface area contributed by atoms with Crippen molar-refractivity contribution in [1.29, 1.82) is 0 Å². The highest BCUT2D eigenvalue weighted by molar-refractivity contribution is 5.71. The summed E-state index contributed by atoms with van der Waals surface area (Å²) in [5, 5.41) is 0. The van der Waals surface area contributed by atoms with Gasteiger partial charge in [-0.2, -0.15) is 0 Å². The molecule has 1 atom stereocenters. The first-order valence-electron chi connectivity index (χ1n) is 28.8. The second-order valence-corrected chi connectivity index (χ2v) is 18.8. The van der Waals surface area contributed by atoms with Crippen molar-refractivity contribution < 1.29 is 28.6 Å². The zero-order valence-electron chi connectivity index (χ0n) is 45.0. The Bertz CT molecular complexity index is 1380. The van der Waals surface area contributed by atoms with Gasteiger partial charge in [0.15, 0.2) is 6.10 Å². The van der Waals surface area contributed by atoms with E-state index >= 15 is 0 Å². The zero-order valence-corrected chi connectivity index (χ0v) is 45.0. The maximum Gasteiger partial charge on any atom is 0.306 e. The third-order valence-electron chi connectivity index (χ3n) is 12.1. The largest absolute Gasteiger partial charge is 0.462 e. The summed E-state index contributed by atoms with van der Waals surface area (Å²) in [6.07, 6.45) is 75.4. The minimum Gasteiger partial charge on any atom is -0.462 e. The third kappa shape index (κ3) is 55.1. The molecule has 0 saturated heterocycles. The van der Waals surface area contributed by atoms with Crippen LogP contribution in [0.1, 0.15) is 265 Å². The molecule has 6 nitrogen and oxygen atoms in total. The lowest BCUT2D eigenvalue weighted by Crippen LogP contribution is -2.30. The normalized spacial score (nSPS) is 12.8. The van der Waals surface area contributed by atoms with E-state index in [9.17, 15) is 14.4 Å². The monoisotopic (exact) mass is 959 g/mol. The second kappa shape index (κ2) is 56.9. The molecule has 0 aromatic rings. The molecule has 1 unspecified atom stereocenters. The summed E-state index contributed by atoms with van der Waals surface area (Å²) >= 11 is 0. The van der Waals surface area contributed by atoms with Crippen molar-refractivity contribution >= 4 is 17.9 Å². The van der Waals surface area contributed by atoms with Gasteiger partial charge in [-0.15, -0.1) is 0 Å². The molecule has 0 spiro atoms. The highest BCUT2D eigenvalue weighted by Gasteiger charge is 2.19. The molecule has 0 N–H and O–H groups in total. The van der Waals surface area contributed by atoms with E-state index in [1.165, 1.54) is 128 Å². The molecule has 0 aliphatic carbocycles. The fraction of sp³-hybridized carbons (Fsp3) is 0.698. The van der Waals surface area contributed by atoms with Gasteiger partial charge >= 0.3 is 17.9 Å². The number of rotatable bonds is 51. The molecule has 0 radical (unpaired) electrons. The number of unbranched alkanes of at least 4 members (excludes halogenated alkanes) is 25. The summed E-state index contributed by atoms with van der Waals surface area (Å²) in [7, 11) is 0. The third-order valence-corrected chi connectivity index (χ3v) is 12.1. The number of allylic oxidation sites excluding steroid dienone is 16. The average Bonchev–Trinajstić information content (AvgIpc) is 3.35. The topological polar surface area (TPSA) is 78.9 Å². The maximum atomic E-state index is 12.8. The Hall–Kier alpha value is -3.67. The molecule has 0 bridgehead atoms. The van der Waals surface area contributed by atoms with Gasteiger partial charge in [0, 0.05) is 19.3 Å².